The predicted octanol–water partition coefficient (Wildman–Crippen LogP) is 3.12. The normalized spacial score (nSPS) is 15.0. The Balaban J connectivity index is 3.70. The second-order valence-electron chi connectivity index (χ2n) is 2.56. The summed E-state index contributed by atoms with van der Waals surface area (Å²) in [6.45, 7) is 0.260. The molecule has 0 heterocycles. The number of hydrogen-bond donors (Lipinski definition) is 0. The van der Waals surface area contributed by atoms with Crippen molar-refractivity contribution < 1.29 is 17.6 Å². The van der Waals surface area contributed by atoms with Crippen LogP contribution < -0.4 is 0 Å². The van der Waals surface area contributed by atoms with Gasteiger partial charge in [0.15, 0.2) is 0 Å². The van der Waals surface area contributed by atoms with Crippen LogP contribution in [0.4, 0.5) is 17.6 Å². The Hall–Kier alpha value is -0.280. The molecule has 0 aromatic rings. The Kier molecular flexibility index (Phi) is 4.45. The maximum Gasteiger partial charge on any atom is 0.251 e. The lowest BCUT2D eigenvalue weighted by atomic mass is 10.1. The highest BCUT2D eigenvalue weighted by Gasteiger charge is 2.31. The molecule has 0 aliphatic rings. The first-order valence-corrected chi connectivity index (χ1v) is 3.59. The van der Waals surface area contributed by atoms with E-state index in [0.29, 0.717) is 0 Å². The summed E-state index contributed by atoms with van der Waals surface area (Å²) in [6, 6.07) is 0. The van der Waals surface area contributed by atoms with Crippen LogP contribution in [0.1, 0.15) is 26.2 Å². The number of alkyl halides is 4. The van der Waals surface area contributed by atoms with Crippen LogP contribution in [0, 0.1) is 0 Å². The van der Waals surface area contributed by atoms with Gasteiger partial charge < -0.3 is 0 Å². The Morgan fingerprint density at radius 3 is 2.27 bits per heavy atom. The predicted molar refractivity (Wildman–Crippen MR) is 35.3 cm³/mol. The minimum absolute atomic E-state index is 0.284. The van der Waals surface area contributed by atoms with Crippen molar-refractivity contribution in [2.45, 2.75) is 38.3 Å². The molecular formula is C7H12F4. The van der Waals surface area contributed by atoms with E-state index in [9.17, 15) is 17.6 Å². The maximum absolute atomic E-state index is 12.5. The topological polar surface area (TPSA) is 0 Å². The van der Waals surface area contributed by atoms with Gasteiger partial charge in [0, 0.05) is 12.8 Å². The minimum atomic E-state index is -3.04. The van der Waals surface area contributed by atoms with Gasteiger partial charge in [-0.15, -0.1) is 0 Å². The number of rotatable bonds is 5. The fourth-order valence-electron chi connectivity index (χ4n) is 0.846. The largest absolute Gasteiger partial charge is 0.251 e. The molecule has 0 N–H and O–H groups in total. The van der Waals surface area contributed by atoms with Gasteiger partial charge in [0.2, 0.25) is 0 Å². The molecule has 1 atom stereocenters. The summed E-state index contributed by atoms with van der Waals surface area (Å²) in [5.41, 5.74) is 0. The van der Waals surface area contributed by atoms with E-state index in [1.165, 1.54) is 0 Å². The molecule has 0 aliphatic heterocycles. The molecule has 0 bridgehead atoms. The van der Waals surface area contributed by atoms with Gasteiger partial charge in [-0.2, -0.15) is 0 Å². The van der Waals surface area contributed by atoms with Crippen molar-refractivity contribution in [2.75, 3.05) is 6.67 Å². The highest BCUT2D eigenvalue weighted by atomic mass is 19.3. The average Bonchev–Trinajstić information content (AvgIpc) is 1.86. The van der Waals surface area contributed by atoms with Crippen molar-refractivity contribution in [2.24, 2.45) is 0 Å². The van der Waals surface area contributed by atoms with Gasteiger partial charge in [-0.05, 0) is 0 Å². The number of halogens is 4. The van der Waals surface area contributed by atoms with E-state index in [1.54, 1.807) is 6.92 Å². The molecule has 11 heavy (non-hydrogen) atoms. The summed E-state index contributed by atoms with van der Waals surface area (Å²) >= 11 is 0. The lowest BCUT2D eigenvalue weighted by Gasteiger charge is -2.15. The van der Waals surface area contributed by atoms with Gasteiger partial charge in [-0.1, -0.05) is 13.3 Å². The molecule has 68 valence electrons. The highest BCUT2D eigenvalue weighted by molar-refractivity contribution is 4.70. The summed E-state index contributed by atoms with van der Waals surface area (Å²) in [5, 5.41) is 0. The van der Waals surface area contributed by atoms with Gasteiger partial charge in [-0.3, -0.25) is 0 Å². The molecule has 0 spiro atoms. The first-order valence-electron chi connectivity index (χ1n) is 3.59. The van der Waals surface area contributed by atoms with Crippen molar-refractivity contribution in [1.29, 1.82) is 0 Å². The van der Waals surface area contributed by atoms with E-state index in [1.807, 2.05) is 0 Å². The minimum Gasteiger partial charge on any atom is -0.248 e. The van der Waals surface area contributed by atoms with Gasteiger partial charge in [0.25, 0.3) is 5.92 Å². The lowest BCUT2D eigenvalue weighted by molar-refractivity contribution is -0.0390. The van der Waals surface area contributed by atoms with Crippen LogP contribution in [0.5, 0.6) is 0 Å². The molecule has 0 radical (unpaired) electrons. The monoisotopic (exact) mass is 172 g/mol. The van der Waals surface area contributed by atoms with Crippen LogP contribution in [0.3, 0.4) is 0 Å². The van der Waals surface area contributed by atoms with Crippen molar-refractivity contribution in [3.05, 3.63) is 0 Å². The molecule has 0 aliphatic carbocycles. The Bertz CT molecular complexity index is 103. The second-order valence-corrected chi connectivity index (χ2v) is 2.56. The zero-order valence-corrected chi connectivity index (χ0v) is 6.42. The molecule has 0 nitrogen and oxygen atoms in total. The van der Waals surface area contributed by atoms with Crippen LogP contribution in [-0.2, 0) is 0 Å². The Labute approximate surface area is 63.6 Å². The molecule has 0 saturated heterocycles. The van der Waals surface area contributed by atoms with E-state index >= 15 is 0 Å². The Morgan fingerprint density at radius 2 is 1.91 bits per heavy atom. The van der Waals surface area contributed by atoms with Crippen molar-refractivity contribution >= 4 is 0 Å². The highest BCUT2D eigenvalue weighted by Crippen LogP contribution is 2.27. The maximum atomic E-state index is 12.5. The van der Waals surface area contributed by atoms with Gasteiger partial charge >= 0.3 is 0 Å². The van der Waals surface area contributed by atoms with E-state index < -0.39 is 25.2 Å². The van der Waals surface area contributed by atoms with Gasteiger partial charge in [0.05, 0.1) is 0 Å². The van der Waals surface area contributed by atoms with Crippen molar-refractivity contribution in [1.82, 2.24) is 0 Å². The third kappa shape index (κ3) is 5.04. The van der Waals surface area contributed by atoms with E-state index in [0.717, 1.165) is 0 Å². The molecule has 0 aromatic carbocycles. The van der Waals surface area contributed by atoms with E-state index in [-0.39, 0.29) is 12.8 Å². The van der Waals surface area contributed by atoms with E-state index in [4.69, 9.17) is 0 Å². The zero-order valence-electron chi connectivity index (χ0n) is 6.42. The molecular weight excluding hydrogens is 160 g/mol. The fraction of sp³-hybridized carbons (Fsp3) is 1.00. The smallest absolute Gasteiger partial charge is 0.248 e. The fourth-order valence-corrected chi connectivity index (χ4v) is 0.846. The molecule has 0 saturated carbocycles. The SMILES string of the molecule is CCCC(F)(F)C[C@H](F)CF. The standard InChI is InChI=1S/C7H12F4/c1-2-3-7(10,11)4-6(9)5-8/h6H,2-5H2,1H3/t6-/m0/s1. The lowest BCUT2D eigenvalue weighted by Crippen LogP contribution is -2.22. The Morgan fingerprint density at radius 1 is 1.36 bits per heavy atom. The third-order valence-electron chi connectivity index (χ3n) is 1.30. The van der Waals surface area contributed by atoms with Gasteiger partial charge in [-0.25, -0.2) is 17.6 Å². The van der Waals surface area contributed by atoms with Crippen molar-refractivity contribution in [3.8, 4) is 0 Å². The molecule has 0 amide bonds. The zero-order chi connectivity index (χ0) is 8.91. The summed E-state index contributed by atoms with van der Waals surface area (Å²) < 4.78 is 48.5. The molecule has 4 heteroatoms. The first-order chi connectivity index (χ1) is 5.02. The molecule has 0 unspecified atom stereocenters. The third-order valence-corrected chi connectivity index (χ3v) is 1.30. The van der Waals surface area contributed by atoms with Crippen LogP contribution in [-0.4, -0.2) is 18.8 Å². The molecule has 0 fully saturated rings. The molecule has 0 rings (SSSR count). The summed E-state index contributed by atoms with van der Waals surface area (Å²) in [5.74, 6) is -3.04. The second kappa shape index (κ2) is 4.57. The van der Waals surface area contributed by atoms with Crippen LogP contribution in [0.15, 0.2) is 0 Å². The van der Waals surface area contributed by atoms with Crippen LogP contribution >= 0.6 is 0 Å². The first kappa shape index (κ1) is 10.7. The number of hydrogen-bond acceptors (Lipinski definition) is 0. The summed E-state index contributed by atoms with van der Waals surface area (Å²) in [4.78, 5) is 0. The average molecular weight is 172 g/mol. The summed E-state index contributed by atoms with van der Waals surface area (Å²) in [6.07, 6.45) is -3.09. The quantitative estimate of drug-likeness (QED) is 0.559. The van der Waals surface area contributed by atoms with Gasteiger partial charge in [0.1, 0.15) is 12.8 Å². The van der Waals surface area contributed by atoms with E-state index in [2.05, 4.69) is 0 Å². The summed E-state index contributed by atoms with van der Waals surface area (Å²) in [7, 11) is 0. The molecule has 0 aromatic heterocycles. The van der Waals surface area contributed by atoms with Crippen LogP contribution in [0.25, 0.3) is 0 Å². The van der Waals surface area contributed by atoms with Crippen molar-refractivity contribution in [3.63, 3.8) is 0 Å². The van der Waals surface area contributed by atoms with Crippen LogP contribution in [0.2, 0.25) is 0 Å².